The molecule has 0 aliphatic carbocycles. The van der Waals surface area contributed by atoms with Gasteiger partial charge in [-0.05, 0) is 25.8 Å². The first-order chi connectivity index (χ1) is 8.67. The molecule has 1 aliphatic heterocycles. The monoisotopic (exact) mass is 248 g/mol. The number of amides is 2. The van der Waals surface area contributed by atoms with Crippen molar-refractivity contribution in [1.29, 1.82) is 0 Å². The fraction of sp³-hybridized carbons (Fsp3) is 0.833. The highest BCUT2D eigenvalue weighted by Crippen LogP contribution is 2.18. The van der Waals surface area contributed by atoms with Gasteiger partial charge in [0.05, 0.1) is 6.54 Å². The Hall–Kier alpha value is -1.10. The van der Waals surface area contributed by atoms with E-state index in [2.05, 4.69) is 15.5 Å². The largest absolute Gasteiger partial charge is 0.359 e. The zero-order valence-corrected chi connectivity index (χ0v) is 10.5. The van der Waals surface area contributed by atoms with Crippen molar-refractivity contribution < 1.29 is 11.0 Å². The van der Waals surface area contributed by atoms with Crippen LogP contribution in [0.2, 0.25) is 0 Å². The molecule has 0 saturated carbocycles. The Balaban J connectivity index is 2.20. The Bertz CT molecular complexity index is 286. The van der Waals surface area contributed by atoms with Crippen LogP contribution in [0.5, 0.6) is 0 Å². The summed E-state index contributed by atoms with van der Waals surface area (Å²) in [6, 6.07) is 0.382. The summed E-state index contributed by atoms with van der Waals surface area (Å²) in [7, 11) is 1.58. The third-order valence-corrected chi connectivity index (χ3v) is 3.13. The van der Waals surface area contributed by atoms with E-state index >= 15 is 0 Å². The number of carbonyl (C=O) groups excluding carboxylic acids is 2. The summed E-state index contributed by atoms with van der Waals surface area (Å²) in [4.78, 5) is 24.8. The molecule has 98 valence electrons. The summed E-state index contributed by atoms with van der Waals surface area (Å²) in [5.41, 5.74) is 0. The van der Waals surface area contributed by atoms with E-state index in [9.17, 15) is 9.59 Å². The van der Waals surface area contributed by atoms with Gasteiger partial charge < -0.3 is 10.6 Å². The molecule has 1 aliphatic rings. The summed E-state index contributed by atoms with van der Waals surface area (Å²) < 4.78 is 7.25. The van der Waals surface area contributed by atoms with Crippen molar-refractivity contribution in [2.24, 2.45) is 0 Å². The van der Waals surface area contributed by atoms with Crippen LogP contribution in [-0.2, 0) is 9.59 Å². The van der Waals surface area contributed by atoms with Crippen LogP contribution in [0.4, 0.5) is 0 Å². The Morgan fingerprint density at radius 2 is 2.29 bits per heavy atom. The molecule has 5 nitrogen and oxygen atoms in total. The molecule has 1 saturated heterocycles. The number of nitrogens with zero attached hydrogens (tertiary/aromatic N) is 1. The lowest BCUT2D eigenvalue weighted by Crippen LogP contribution is -2.40. The molecule has 1 fully saturated rings. The van der Waals surface area contributed by atoms with E-state index < -0.39 is 0 Å². The number of hydrogen-bond donors (Lipinski definition) is 2. The van der Waals surface area contributed by atoms with Crippen molar-refractivity contribution in [3.8, 4) is 0 Å². The Morgan fingerprint density at radius 3 is 3.00 bits per heavy atom. The molecule has 0 aromatic carbocycles. The molecule has 0 aromatic heterocycles. The van der Waals surface area contributed by atoms with Gasteiger partial charge in [-0.3, -0.25) is 14.5 Å². The predicted octanol–water partition coefficient (Wildman–Crippen LogP) is 0.113. The highest BCUT2D eigenvalue weighted by Gasteiger charge is 2.24. The predicted molar refractivity (Wildman–Crippen MR) is 66.6 cm³/mol. The lowest BCUT2D eigenvalue weighted by Gasteiger charge is -2.22. The van der Waals surface area contributed by atoms with Gasteiger partial charge in [0, 0.05) is 27.4 Å². The molecule has 2 amide bonds. The Morgan fingerprint density at radius 1 is 1.47 bits per heavy atom. The molecule has 0 aromatic rings. The van der Waals surface area contributed by atoms with Gasteiger partial charge in [-0.2, -0.15) is 0 Å². The lowest BCUT2D eigenvalue weighted by atomic mass is 10.3. The molecule has 5 heteroatoms. The van der Waals surface area contributed by atoms with Crippen molar-refractivity contribution in [1.82, 2.24) is 15.5 Å². The van der Waals surface area contributed by atoms with Crippen LogP contribution >= 0.6 is 0 Å². The Kier molecular flexibility index (Phi) is 5.29. The zero-order chi connectivity index (χ0) is 13.4. The van der Waals surface area contributed by atoms with Gasteiger partial charge in [0.2, 0.25) is 11.8 Å². The fourth-order valence-electron chi connectivity index (χ4n) is 2.11. The standard InChI is InChI=1S/C12H23N3O2/c1-3-10-5-4-8-15(10)9-12(17)14-7-6-11(16)13-2/h10H,3-9H2,1-2H3,(H,13,16)(H,14,17)/i1+1D,2+1,3+1,9+1,12+1,13+1. The summed E-state index contributed by atoms with van der Waals surface area (Å²) in [6.07, 6.45) is 3.35. The molecule has 17 heavy (non-hydrogen) atoms. The highest BCUT2D eigenvalue weighted by molar-refractivity contribution is 5.80. The average Bonchev–Trinajstić information content (AvgIpc) is 2.77. The Labute approximate surface area is 104 Å². The molecular formula is C12H23N3O2. The maximum atomic E-state index is 11.7. The van der Waals surface area contributed by atoms with Gasteiger partial charge in [-0.25, -0.2) is 0 Å². The van der Waals surface area contributed by atoms with Crippen LogP contribution in [0.25, 0.3) is 0 Å². The number of nitrogens with one attached hydrogen (secondary N) is 2. The first kappa shape index (κ1) is 12.4. The molecule has 0 bridgehead atoms. The minimum absolute atomic E-state index is 0.0317. The molecular weight excluding hydrogens is 224 g/mol. The zero-order valence-electron chi connectivity index (χ0n) is 11.5. The van der Waals surface area contributed by atoms with Crippen LogP contribution in [0.15, 0.2) is 0 Å². The highest BCUT2D eigenvalue weighted by atomic mass is 16.2. The molecule has 2 N–H and O–H groups in total. The number of carbonyl (C=O) groups is 2. The van der Waals surface area contributed by atoms with Gasteiger partial charge in [0.25, 0.3) is 0 Å². The second kappa shape index (κ2) is 7.27. The van der Waals surface area contributed by atoms with E-state index in [1.165, 1.54) is 0 Å². The quantitative estimate of drug-likeness (QED) is 0.518. The van der Waals surface area contributed by atoms with E-state index in [0.29, 0.717) is 32.5 Å². The fourth-order valence-corrected chi connectivity index (χ4v) is 2.11. The second-order valence-corrected chi connectivity index (χ2v) is 4.33. The SMILES string of the molecule is [2H][13CH2][13CH2]C1CCCN1[13CH2][13C](=O)NCCC(=O)[15NH][13CH3]. The molecule has 0 spiro atoms. The van der Waals surface area contributed by atoms with Crippen LogP contribution in [0.1, 0.15) is 34.0 Å². The van der Waals surface area contributed by atoms with Gasteiger partial charge in [0.15, 0.2) is 0 Å². The minimum atomic E-state index is -0.0662. The summed E-state index contributed by atoms with van der Waals surface area (Å²) in [5, 5.41) is 5.26. The summed E-state index contributed by atoms with van der Waals surface area (Å²) in [6.45, 7) is 2.13. The van der Waals surface area contributed by atoms with Gasteiger partial charge in [-0.15, -0.1) is 0 Å². The molecule has 1 atom stereocenters. The smallest absolute Gasteiger partial charge is 0.234 e. The number of hydrogen-bond acceptors (Lipinski definition) is 3. The van der Waals surface area contributed by atoms with Crippen molar-refractivity contribution in [2.75, 3.05) is 26.7 Å². The van der Waals surface area contributed by atoms with Gasteiger partial charge in [-0.1, -0.05) is 6.90 Å². The number of rotatable bonds is 6. The van der Waals surface area contributed by atoms with Crippen molar-refractivity contribution in [3.05, 3.63) is 0 Å². The van der Waals surface area contributed by atoms with Crippen LogP contribution in [-0.4, -0.2) is 49.4 Å². The van der Waals surface area contributed by atoms with E-state index in [4.69, 9.17) is 1.37 Å². The van der Waals surface area contributed by atoms with Crippen molar-refractivity contribution in [3.63, 3.8) is 0 Å². The van der Waals surface area contributed by atoms with Crippen molar-refractivity contribution >= 4 is 11.8 Å². The summed E-state index contributed by atoms with van der Waals surface area (Å²) >= 11 is 0. The first-order valence-electron chi connectivity index (χ1n) is 6.88. The van der Waals surface area contributed by atoms with Gasteiger partial charge >= 0.3 is 0 Å². The van der Waals surface area contributed by atoms with Crippen LogP contribution < -0.4 is 10.6 Å². The third kappa shape index (κ3) is 4.73. The van der Waals surface area contributed by atoms with Crippen LogP contribution in [0.3, 0.4) is 0 Å². The van der Waals surface area contributed by atoms with E-state index in [1.807, 2.05) is 0 Å². The lowest BCUT2D eigenvalue weighted by molar-refractivity contribution is -0.123. The van der Waals surface area contributed by atoms with Gasteiger partial charge in [0.1, 0.15) is 0 Å². The van der Waals surface area contributed by atoms with Crippen LogP contribution in [0, 0.1) is 0 Å². The molecule has 1 heterocycles. The van der Waals surface area contributed by atoms with E-state index in [-0.39, 0.29) is 11.8 Å². The molecule has 1 rings (SSSR count). The second-order valence-electron chi connectivity index (χ2n) is 4.33. The average molecular weight is 248 g/mol. The maximum absolute atomic E-state index is 11.7. The first-order valence-corrected chi connectivity index (χ1v) is 6.18. The van der Waals surface area contributed by atoms with Crippen molar-refractivity contribution in [2.45, 2.75) is 38.6 Å². The van der Waals surface area contributed by atoms with E-state index in [1.54, 1.807) is 7.05 Å². The number of likely N-dealkylation sites (tertiary alicyclic amines) is 1. The normalized spacial score (nSPS) is 21.0. The molecule has 1 unspecified atom stereocenters. The van der Waals surface area contributed by atoms with E-state index in [0.717, 1.165) is 25.8 Å². The topological polar surface area (TPSA) is 61.4 Å². The summed E-state index contributed by atoms with van der Waals surface area (Å²) in [5.74, 6) is -0.0978. The third-order valence-electron chi connectivity index (χ3n) is 3.13. The maximum Gasteiger partial charge on any atom is 0.234 e. The molecule has 0 radical (unpaired) electrons. The minimum Gasteiger partial charge on any atom is -0.359 e.